The van der Waals surface area contributed by atoms with Crippen molar-refractivity contribution in [3.8, 4) is 0 Å². The summed E-state index contributed by atoms with van der Waals surface area (Å²) in [5, 5.41) is 20.8. The number of carbonyl (C=O) groups excluding carboxylic acids is 3. The van der Waals surface area contributed by atoms with Gasteiger partial charge in [-0.2, -0.15) is 0 Å². The van der Waals surface area contributed by atoms with Gasteiger partial charge in [0.15, 0.2) is 0 Å². The molecule has 0 aliphatic carbocycles. The molecule has 3 aromatic rings. The summed E-state index contributed by atoms with van der Waals surface area (Å²) < 4.78 is 0. The fourth-order valence-corrected chi connectivity index (χ4v) is 4.29. The molecule has 0 fully saturated rings. The summed E-state index contributed by atoms with van der Waals surface area (Å²) in [6.45, 7) is 15.2. The average molecular weight is 591 g/mol. The van der Waals surface area contributed by atoms with E-state index in [0.717, 1.165) is 65.1 Å². The van der Waals surface area contributed by atoms with Crippen LogP contribution in [-0.4, -0.2) is 37.9 Å². The van der Waals surface area contributed by atoms with Crippen molar-refractivity contribution in [3.63, 3.8) is 0 Å². The summed E-state index contributed by atoms with van der Waals surface area (Å²) in [6, 6.07) is 18.0. The van der Waals surface area contributed by atoms with Crippen molar-refractivity contribution in [3.05, 3.63) is 88.0 Å². The molecule has 3 unspecified atom stereocenters. The quantitative estimate of drug-likeness (QED) is 0.138. The van der Waals surface area contributed by atoms with E-state index in [1.165, 1.54) is 11.1 Å². The lowest BCUT2D eigenvalue weighted by Crippen LogP contribution is -2.14. The van der Waals surface area contributed by atoms with Gasteiger partial charge in [-0.25, -0.2) is 0 Å². The van der Waals surface area contributed by atoms with Crippen molar-refractivity contribution in [2.45, 2.75) is 79.2 Å². The van der Waals surface area contributed by atoms with Gasteiger partial charge in [0.05, 0.1) is 6.10 Å². The molecule has 5 N–H and O–H groups in total. The van der Waals surface area contributed by atoms with E-state index >= 15 is 0 Å². The monoisotopic (exact) mass is 590 g/mol. The number of aliphatic hydroxyl groups is 1. The molecule has 0 spiro atoms. The van der Waals surface area contributed by atoms with Gasteiger partial charge in [-0.3, -0.25) is 14.4 Å². The fourth-order valence-electron chi connectivity index (χ4n) is 4.29. The molecule has 0 aliphatic heterocycles. The van der Waals surface area contributed by atoms with Gasteiger partial charge in [-0.1, -0.05) is 64.1 Å². The zero-order valence-electron chi connectivity index (χ0n) is 27.0. The highest BCUT2D eigenvalue weighted by atomic mass is 16.3. The maximum Gasteiger partial charge on any atom is 0.211 e. The number of anilines is 3. The van der Waals surface area contributed by atoms with Crippen LogP contribution in [0.15, 0.2) is 54.6 Å². The minimum Gasteiger partial charge on any atom is -0.388 e. The van der Waals surface area contributed by atoms with Crippen LogP contribution in [0, 0.1) is 20.8 Å². The van der Waals surface area contributed by atoms with Gasteiger partial charge in [-0.05, 0) is 104 Å². The van der Waals surface area contributed by atoms with E-state index in [0.29, 0.717) is 24.7 Å². The number of nitrogens with one attached hydrogen (secondary N) is 4. The molecule has 3 atom stereocenters. The zero-order chi connectivity index (χ0) is 32.4. The van der Waals surface area contributed by atoms with Gasteiger partial charge in [0.2, 0.25) is 19.2 Å². The molecule has 8 nitrogen and oxygen atoms in total. The largest absolute Gasteiger partial charge is 0.388 e. The summed E-state index contributed by atoms with van der Waals surface area (Å²) in [4.78, 5) is 31.1. The van der Waals surface area contributed by atoms with Crippen LogP contribution in [0.1, 0.15) is 91.9 Å². The minimum atomic E-state index is -0.456. The summed E-state index contributed by atoms with van der Waals surface area (Å²) >= 11 is 0. The first-order valence-electron chi connectivity index (χ1n) is 14.8. The topological polar surface area (TPSA) is 120 Å². The number of rotatable bonds is 13. The predicted octanol–water partition coefficient (Wildman–Crippen LogP) is 6.97. The molecule has 234 valence electrons. The number of carbonyl (C=O) groups is 3. The Labute approximate surface area is 257 Å². The van der Waals surface area contributed by atoms with E-state index in [1.807, 2.05) is 65.1 Å². The summed E-state index contributed by atoms with van der Waals surface area (Å²) in [5.41, 5.74) is 9.09. The van der Waals surface area contributed by atoms with Gasteiger partial charge in [0.1, 0.15) is 0 Å². The van der Waals surface area contributed by atoms with E-state index in [2.05, 4.69) is 60.2 Å². The van der Waals surface area contributed by atoms with Crippen molar-refractivity contribution in [2.75, 3.05) is 29.5 Å². The van der Waals surface area contributed by atoms with Crippen molar-refractivity contribution in [1.82, 2.24) is 5.32 Å². The van der Waals surface area contributed by atoms with Gasteiger partial charge < -0.3 is 26.4 Å². The lowest BCUT2D eigenvalue weighted by Gasteiger charge is -2.13. The highest BCUT2D eigenvalue weighted by Crippen LogP contribution is 2.25. The number of hydrogen-bond acceptors (Lipinski definition) is 5. The van der Waals surface area contributed by atoms with Gasteiger partial charge in [0.25, 0.3) is 0 Å². The summed E-state index contributed by atoms with van der Waals surface area (Å²) in [6.07, 6.45) is 3.41. The van der Waals surface area contributed by atoms with Crippen molar-refractivity contribution in [2.24, 2.45) is 0 Å². The lowest BCUT2D eigenvalue weighted by molar-refractivity contribution is -0.106. The maximum absolute atomic E-state index is 10.4. The third-order valence-electron chi connectivity index (χ3n) is 7.46. The molecule has 3 aromatic carbocycles. The standard InChI is InChI=1S/C12H18N2O.C12H17NO.C11H15NO2/c1-9-4-5-11(10(2)7-13-3)6-12(9)14-8-15;1-4-9(2)11-6-5-10(3)12(7-11)13-8-14;1-3-11(14)9-5-4-8(2)10(6-9)12-7-13/h4-6,8,10,13H,7H2,1-3H3,(H,14,15);5-9H,4H2,1-3H3,(H,13,14);4-7,11,14H,3H2,1-2H3,(H,12,13). The Morgan fingerprint density at radius 1 is 0.628 bits per heavy atom. The fraction of sp³-hybridized carbons (Fsp3) is 0.400. The smallest absolute Gasteiger partial charge is 0.211 e. The van der Waals surface area contributed by atoms with E-state index in [4.69, 9.17) is 0 Å². The Morgan fingerprint density at radius 2 is 1.00 bits per heavy atom. The first kappa shape index (κ1) is 37.0. The van der Waals surface area contributed by atoms with Crippen LogP contribution in [0.5, 0.6) is 0 Å². The SMILES string of the molecule is CCC(C)c1ccc(C)c(NC=O)c1.CCC(O)c1ccc(C)c(NC=O)c1.CNCC(C)c1ccc(C)c(NC=O)c1. The second-order valence-electron chi connectivity index (χ2n) is 10.7. The van der Waals surface area contributed by atoms with Gasteiger partial charge >= 0.3 is 0 Å². The van der Waals surface area contributed by atoms with Gasteiger partial charge in [-0.15, -0.1) is 0 Å². The van der Waals surface area contributed by atoms with E-state index < -0.39 is 6.10 Å². The number of aryl methyl sites for hydroxylation is 3. The number of benzene rings is 3. The first-order chi connectivity index (χ1) is 20.6. The van der Waals surface area contributed by atoms with E-state index in [-0.39, 0.29) is 0 Å². The van der Waals surface area contributed by atoms with E-state index in [9.17, 15) is 19.5 Å². The Kier molecular flexibility index (Phi) is 17.2. The molecule has 0 saturated heterocycles. The molecular weight excluding hydrogens is 540 g/mol. The Morgan fingerprint density at radius 3 is 1.35 bits per heavy atom. The molecule has 3 rings (SSSR count). The van der Waals surface area contributed by atoms with Crippen LogP contribution in [0.25, 0.3) is 0 Å². The highest BCUT2D eigenvalue weighted by Gasteiger charge is 2.08. The average Bonchev–Trinajstić information content (AvgIpc) is 3.00. The van der Waals surface area contributed by atoms with Gasteiger partial charge in [0, 0.05) is 23.6 Å². The Bertz CT molecular complexity index is 1230. The van der Waals surface area contributed by atoms with Crippen LogP contribution >= 0.6 is 0 Å². The summed E-state index contributed by atoms with van der Waals surface area (Å²) in [7, 11) is 1.94. The summed E-state index contributed by atoms with van der Waals surface area (Å²) in [5.74, 6) is 0.991. The third kappa shape index (κ3) is 12.4. The second kappa shape index (κ2) is 20.0. The van der Waals surface area contributed by atoms with Crippen LogP contribution in [0.3, 0.4) is 0 Å². The number of likely N-dealkylation sites (N-methyl/N-ethyl adjacent to an activating group) is 1. The second-order valence-corrected chi connectivity index (χ2v) is 10.7. The van der Waals surface area contributed by atoms with Crippen LogP contribution in [0.4, 0.5) is 17.1 Å². The highest BCUT2D eigenvalue weighted by molar-refractivity contribution is 5.75. The molecule has 0 aliphatic rings. The van der Waals surface area contributed by atoms with Crippen molar-refractivity contribution < 1.29 is 19.5 Å². The molecule has 0 radical (unpaired) electrons. The third-order valence-corrected chi connectivity index (χ3v) is 7.46. The number of amides is 3. The predicted molar refractivity (Wildman–Crippen MR) is 179 cm³/mol. The van der Waals surface area contributed by atoms with Crippen molar-refractivity contribution in [1.29, 1.82) is 0 Å². The number of aliphatic hydroxyl groups excluding tert-OH is 1. The Balaban J connectivity index is 0.000000323. The molecule has 0 bridgehead atoms. The van der Waals surface area contributed by atoms with Crippen LogP contribution in [-0.2, 0) is 14.4 Å². The minimum absolute atomic E-state index is 0.447. The molecule has 8 heteroatoms. The molecule has 0 saturated carbocycles. The first-order valence-corrected chi connectivity index (χ1v) is 14.8. The van der Waals surface area contributed by atoms with Crippen molar-refractivity contribution >= 4 is 36.3 Å². The molecule has 3 amide bonds. The van der Waals surface area contributed by atoms with Crippen LogP contribution in [0.2, 0.25) is 0 Å². The molecule has 43 heavy (non-hydrogen) atoms. The molecule has 0 aromatic heterocycles. The zero-order valence-corrected chi connectivity index (χ0v) is 27.0. The molecular formula is C35H50N4O4. The normalized spacial score (nSPS) is 12.2. The lowest BCUT2D eigenvalue weighted by atomic mass is 9.97. The van der Waals surface area contributed by atoms with E-state index in [1.54, 1.807) is 6.07 Å². The number of hydrogen-bond donors (Lipinski definition) is 5. The molecule has 0 heterocycles. The Hall–Kier alpha value is -4.01. The van der Waals surface area contributed by atoms with Crippen LogP contribution < -0.4 is 21.3 Å². The maximum atomic E-state index is 10.4.